The van der Waals surface area contributed by atoms with Crippen molar-refractivity contribution in [2.45, 2.75) is 12.0 Å². The van der Waals surface area contributed by atoms with Gasteiger partial charge in [-0.15, -0.1) is 0 Å². The highest BCUT2D eigenvalue weighted by molar-refractivity contribution is 6.05. The molecule has 0 radical (unpaired) electrons. The summed E-state index contributed by atoms with van der Waals surface area (Å²) in [6.07, 6.45) is 3.68. The lowest BCUT2D eigenvalue weighted by Gasteiger charge is -2.19. The number of aryl methyl sites for hydroxylation is 1. The summed E-state index contributed by atoms with van der Waals surface area (Å²) < 4.78 is 1.65. The number of hydrogen-bond donors (Lipinski definition) is 2. The van der Waals surface area contributed by atoms with Crippen molar-refractivity contribution in [1.29, 1.82) is 0 Å². The number of aliphatic hydroxyl groups is 1. The number of anilines is 1. The fourth-order valence-electron chi connectivity index (χ4n) is 2.33. The van der Waals surface area contributed by atoms with Crippen LogP contribution in [0.25, 0.3) is 0 Å². The Bertz CT molecular complexity index is 620. The van der Waals surface area contributed by atoms with Crippen LogP contribution in [0.2, 0.25) is 0 Å². The molecule has 5 heteroatoms. The second-order valence-corrected chi connectivity index (χ2v) is 4.56. The Labute approximate surface area is 104 Å². The third kappa shape index (κ3) is 1.52. The van der Waals surface area contributed by atoms with Crippen molar-refractivity contribution < 1.29 is 9.90 Å². The maximum atomic E-state index is 12.0. The molecule has 1 aliphatic rings. The summed E-state index contributed by atoms with van der Waals surface area (Å²) in [7, 11) is 1.80. The van der Waals surface area contributed by atoms with Gasteiger partial charge in [-0.1, -0.05) is 18.2 Å². The zero-order valence-corrected chi connectivity index (χ0v) is 9.92. The number of benzene rings is 1. The highest BCUT2D eigenvalue weighted by Crippen LogP contribution is 2.37. The molecule has 0 saturated heterocycles. The van der Waals surface area contributed by atoms with Gasteiger partial charge in [-0.3, -0.25) is 9.48 Å². The van der Waals surface area contributed by atoms with Crippen LogP contribution >= 0.6 is 0 Å². The first kappa shape index (κ1) is 11.0. The van der Waals surface area contributed by atoms with Crippen molar-refractivity contribution in [2.75, 3.05) is 5.32 Å². The summed E-state index contributed by atoms with van der Waals surface area (Å²) in [5, 5.41) is 17.4. The molecule has 18 heavy (non-hydrogen) atoms. The molecule has 0 saturated carbocycles. The molecule has 1 atom stereocenters. The van der Waals surface area contributed by atoms with Crippen molar-refractivity contribution in [3.8, 4) is 0 Å². The van der Waals surface area contributed by atoms with E-state index in [9.17, 15) is 9.90 Å². The first-order chi connectivity index (χ1) is 8.59. The molecule has 0 fully saturated rings. The zero-order valence-electron chi connectivity index (χ0n) is 9.92. The van der Waals surface area contributed by atoms with E-state index >= 15 is 0 Å². The van der Waals surface area contributed by atoms with Gasteiger partial charge in [0.25, 0.3) is 5.91 Å². The zero-order chi connectivity index (χ0) is 12.8. The minimum absolute atomic E-state index is 0.226. The van der Waals surface area contributed by atoms with Crippen LogP contribution in [0.15, 0.2) is 36.7 Å². The van der Waals surface area contributed by atoms with Crippen LogP contribution < -0.4 is 5.32 Å². The first-order valence-electron chi connectivity index (χ1n) is 5.70. The number of aromatic nitrogens is 2. The van der Waals surface area contributed by atoms with Gasteiger partial charge in [-0.05, 0) is 11.6 Å². The third-order valence-corrected chi connectivity index (χ3v) is 3.21. The normalized spacial score (nSPS) is 21.8. The van der Waals surface area contributed by atoms with Crippen LogP contribution in [-0.2, 0) is 23.9 Å². The fraction of sp³-hybridized carbons (Fsp3) is 0.231. The van der Waals surface area contributed by atoms with Gasteiger partial charge >= 0.3 is 0 Å². The monoisotopic (exact) mass is 243 g/mol. The number of amides is 1. The van der Waals surface area contributed by atoms with Gasteiger partial charge < -0.3 is 10.4 Å². The number of carbonyl (C=O) groups is 1. The summed E-state index contributed by atoms with van der Waals surface area (Å²) >= 11 is 0. The predicted molar refractivity (Wildman–Crippen MR) is 65.9 cm³/mol. The van der Waals surface area contributed by atoms with E-state index in [1.807, 2.05) is 12.1 Å². The number of carbonyl (C=O) groups excluding carboxylic acids is 1. The number of nitrogens with one attached hydrogen (secondary N) is 1. The summed E-state index contributed by atoms with van der Waals surface area (Å²) in [5.74, 6) is -0.382. The number of nitrogens with zero attached hydrogens (tertiary/aromatic N) is 2. The highest BCUT2D eigenvalue weighted by atomic mass is 16.3. The quantitative estimate of drug-likeness (QED) is 0.820. The summed E-state index contributed by atoms with van der Waals surface area (Å²) in [5.41, 5.74) is 0.624. The van der Waals surface area contributed by atoms with Gasteiger partial charge in [0, 0.05) is 30.9 Å². The molecule has 2 N–H and O–H groups in total. The average Bonchev–Trinajstić information content (AvgIpc) is 2.84. The average molecular weight is 243 g/mol. The van der Waals surface area contributed by atoms with Crippen molar-refractivity contribution in [2.24, 2.45) is 7.05 Å². The molecule has 2 aromatic rings. The van der Waals surface area contributed by atoms with Gasteiger partial charge in [0.2, 0.25) is 0 Å². The Morgan fingerprint density at radius 1 is 1.44 bits per heavy atom. The van der Waals surface area contributed by atoms with Crippen LogP contribution in [0.5, 0.6) is 0 Å². The van der Waals surface area contributed by atoms with E-state index in [0.29, 0.717) is 11.3 Å². The summed E-state index contributed by atoms with van der Waals surface area (Å²) in [6, 6.07) is 7.19. The van der Waals surface area contributed by atoms with Crippen LogP contribution in [0.4, 0.5) is 5.69 Å². The maximum absolute atomic E-state index is 12.0. The summed E-state index contributed by atoms with van der Waals surface area (Å²) in [4.78, 5) is 12.0. The largest absolute Gasteiger partial charge is 0.375 e. The number of para-hydroxylation sites is 1. The minimum Gasteiger partial charge on any atom is -0.375 e. The molecule has 92 valence electrons. The van der Waals surface area contributed by atoms with Gasteiger partial charge in [-0.25, -0.2) is 0 Å². The van der Waals surface area contributed by atoms with Gasteiger partial charge in [-0.2, -0.15) is 5.10 Å². The van der Waals surface area contributed by atoms with E-state index in [-0.39, 0.29) is 12.3 Å². The molecule has 1 amide bonds. The smallest absolute Gasteiger partial charge is 0.261 e. The Hall–Kier alpha value is -2.14. The molecule has 0 spiro atoms. The Morgan fingerprint density at radius 3 is 2.94 bits per heavy atom. The molecule has 1 unspecified atom stereocenters. The minimum atomic E-state index is -1.50. The second-order valence-electron chi connectivity index (χ2n) is 4.56. The molecule has 1 aromatic carbocycles. The van der Waals surface area contributed by atoms with Crippen molar-refractivity contribution in [3.63, 3.8) is 0 Å². The van der Waals surface area contributed by atoms with Gasteiger partial charge in [0.05, 0.1) is 6.20 Å². The number of rotatable bonds is 2. The van der Waals surface area contributed by atoms with E-state index < -0.39 is 5.60 Å². The van der Waals surface area contributed by atoms with Crippen LogP contribution in [-0.4, -0.2) is 20.8 Å². The number of fused-ring (bicyclic) bond motifs is 1. The molecule has 0 bridgehead atoms. The lowest BCUT2D eigenvalue weighted by Crippen LogP contribution is -2.36. The van der Waals surface area contributed by atoms with Gasteiger partial charge in [0.1, 0.15) is 0 Å². The Balaban J connectivity index is 2.01. The van der Waals surface area contributed by atoms with E-state index in [2.05, 4.69) is 10.4 Å². The molecule has 5 nitrogen and oxygen atoms in total. The standard InChI is InChI=1S/C13H13N3O2/c1-16-8-9(7-14-16)6-13(18)10-4-2-3-5-11(10)15-12(13)17/h2-5,7-8,18H,6H2,1H3,(H,15,17). The van der Waals surface area contributed by atoms with Crippen molar-refractivity contribution in [1.82, 2.24) is 9.78 Å². The van der Waals surface area contributed by atoms with Crippen molar-refractivity contribution in [3.05, 3.63) is 47.8 Å². The SMILES string of the molecule is Cn1cc(CC2(O)C(=O)Nc3ccccc32)cn1. The second kappa shape index (κ2) is 3.68. The maximum Gasteiger partial charge on any atom is 0.261 e. The molecule has 1 aromatic heterocycles. The first-order valence-corrected chi connectivity index (χ1v) is 5.70. The van der Waals surface area contributed by atoms with E-state index in [0.717, 1.165) is 5.56 Å². The summed E-state index contributed by atoms with van der Waals surface area (Å²) in [6.45, 7) is 0. The number of hydrogen-bond acceptors (Lipinski definition) is 3. The highest BCUT2D eigenvalue weighted by Gasteiger charge is 2.45. The third-order valence-electron chi connectivity index (χ3n) is 3.21. The van der Waals surface area contributed by atoms with E-state index in [4.69, 9.17) is 0 Å². The topological polar surface area (TPSA) is 67.2 Å². The predicted octanol–water partition coefficient (Wildman–Crippen LogP) is 0.802. The van der Waals surface area contributed by atoms with E-state index in [1.165, 1.54) is 0 Å². The van der Waals surface area contributed by atoms with Crippen molar-refractivity contribution >= 4 is 11.6 Å². The molecule has 1 aliphatic heterocycles. The van der Waals surface area contributed by atoms with Crippen LogP contribution in [0, 0.1) is 0 Å². The van der Waals surface area contributed by atoms with Crippen LogP contribution in [0.3, 0.4) is 0 Å². The lowest BCUT2D eigenvalue weighted by atomic mass is 9.89. The Kier molecular flexibility index (Phi) is 2.24. The lowest BCUT2D eigenvalue weighted by molar-refractivity contribution is -0.133. The van der Waals surface area contributed by atoms with E-state index in [1.54, 1.807) is 36.3 Å². The Morgan fingerprint density at radius 2 is 2.22 bits per heavy atom. The van der Waals surface area contributed by atoms with Gasteiger partial charge in [0.15, 0.2) is 5.60 Å². The molecule has 2 heterocycles. The van der Waals surface area contributed by atoms with Crippen LogP contribution in [0.1, 0.15) is 11.1 Å². The molecule has 3 rings (SSSR count). The molecule has 0 aliphatic carbocycles. The molecular weight excluding hydrogens is 230 g/mol. The fourth-order valence-corrected chi connectivity index (χ4v) is 2.33. The molecular formula is C13H13N3O2.